The second-order valence-electron chi connectivity index (χ2n) is 3.67. The van der Waals surface area contributed by atoms with E-state index in [1.54, 1.807) is 12.1 Å². The number of ether oxygens (including phenoxy) is 1. The molecule has 0 heterocycles. The molecule has 0 saturated heterocycles. The van der Waals surface area contributed by atoms with Crippen LogP contribution in [0.5, 0.6) is 5.75 Å². The highest BCUT2D eigenvalue weighted by molar-refractivity contribution is 9.10. The van der Waals surface area contributed by atoms with E-state index < -0.39 is 18.1 Å². The van der Waals surface area contributed by atoms with Crippen LogP contribution in [-0.4, -0.2) is 24.2 Å². The lowest BCUT2D eigenvalue weighted by molar-refractivity contribution is -0.138. The minimum atomic E-state index is -1.06. The van der Waals surface area contributed by atoms with Crippen molar-refractivity contribution in [2.45, 2.75) is 18.5 Å². The van der Waals surface area contributed by atoms with Gasteiger partial charge in [-0.1, -0.05) is 15.9 Å². The summed E-state index contributed by atoms with van der Waals surface area (Å²) in [4.78, 5) is 10.7. The van der Waals surface area contributed by atoms with Crippen LogP contribution in [0.1, 0.15) is 18.0 Å². The number of methoxy groups -OCH3 is 1. The second-order valence-corrected chi connectivity index (χ2v) is 4.59. The van der Waals surface area contributed by atoms with Crippen LogP contribution in [0.2, 0.25) is 0 Å². The number of carboxylic acid groups (broad SMARTS) is 1. The molecule has 0 aliphatic rings. The number of hydrogen-bond acceptors (Lipinski definition) is 4. The Morgan fingerprint density at radius 2 is 2.18 bits per heavy atom. The highest BCUT2D eigenvalue weighted by Gasteiger charge is 2.19. The molecule has 0 aromatic heterocycles. The van der Waals surface area contributed by atoms with Crippen LogP contribution in [0.3, 0.4) is 0 Å². The first-order valence-electron chi connectivity index (χ1n) is 5.03. The van der Waals surface area contributed by atoms with Crippen molar-refractivity contribution < 1.29 is 14.6 Å². The molecule has 2 unspecified atom stereocenters. The van der Waals surface area contributed by atoms with Crippen LogP contribution in [0.15, 0.2) is 22.7 Å². The third-order valence-electron chi connectivity index (χ3n) is 2.42. The van der Waals surface area contributed by atoms with Gasteiger partial charge in [0.15, 0.2) is 0 Å². The molecule has 5 N–H and O–H groups in total. The quantitative estimate of drug-likeness (QED) is 0.760. The molecule has 0 radical (unpaired) electrons. The molecule has 0 aliphatic carbocycles. The summed E-state index contributed by atoms with van der Waals surface area (Å²) in [5.74, 6) is -0.437. The van der Waals surface area contributed by atoms with Crippen LogP contribution >= 0.6 is 15.9 Å². The van der Waals surface area contributed by atoms with Crippen molar-refractivity contribution in [1.29, 1.82) is 0 Å². The van der Waals surface area contributed by atoms with Gasteiger partial charge in [0.1, 0.15) is 11.8 Å². The van der Waals surface area contributed by atoms with Gasteiger partial charge in [0.2, 0.25) is 0 Å². The van der Waals surface area contributed by atoms with E-state index in [1.165, 1.54) is 7.11 Å². The molecule has 1 rings (SSSR count). The zero-order valence-corrected chi connectivity index (χ0v) is 11.0. The molecule has 0 aliphatic heterocycles. The molecule has 0 bridgehead atoms. The number of carboxylic acids is 1. The predicted molar refractivity (Wildman–Crippen MR) is 67.9 cm³/mol. The molecule has 0 fully saturated rings. The van der Waals surface area contributed by atoms with Gasteiger partial charge >= 0.3 is 5.97 Å². The number of halogens is 1. The van der Waals surface area contributed by atoms with Crippen LogP contribution in [0.4, 0.5) is 0 Å². The Hall–Kier alpha value is -1.11. The van der Waals surface area contributed by atoms with E-state index in [1.807, 2.05) is 6.07 Å². The Morgan fingerprint density at radius 3 is 2.71 bits per heavy atom. The lowest BCUT2D eigenvalue weighted by atomic mass is 10.00. The zero-order valence-electron chi connectivity index (χ0n) is 9.39. The summed E-state index contributed by atoms with van der Waals surface area (Å²) in [6.45, 7) is 0. The Kier molecular flexibility index (Phi) is 4.92. The standard InChI is InChI=1S/C11H15BrN2O3/c1-17-10-3-2-6(12)4-7(10)8(13)5-9(14)11(15)16/h2-4,8-9H,5,13-14H2,1H3,(H,15,16). The summed E-state index contributed by atoms with van der Waals surface area (Å²) in [5.41, 5.74) is 12.1. The lowest BCUT2D eigenvalue weighted by Gasteiger charge is -2.17. The van der Waals surface area contributed by atoms with Gasteiger partial charge in [0.25, 0.3) is 0 Å². The summed E-state index contributed by atoms with van der Waals surface area (Å²) in [6, 6.07) is 3.94. The topological polar surface area (TPSA) is 98.6 Å². The molecule has 17 heavy (non-hydrogen) atoms. The fourth-order valence-corrected chi connectivity index (χ4v) is 1.88. The fourth-order valence-electron chi connectivity index (χ4n) is 1.50. The molecule has 0 saturated carbocycles. The molecular weight excluding hydrogens is 288 g/mol. The van der Waals surface area contributed by atoms with E-state index in [9.17, 15) is 4.79 Å². The van der Waals surface area contributed by atoms with Gasteiger partial charge in [0, 0.05) is 16.1 Å². The van der Waals surface area contributed by atoms with Gasteiger partial charge in [-0.25, -0.2) is 0 Å². The molecule has 0 spiro atoms. The highest BCUT2D eigenvalue weighted by Crippen LogP contribution is 2.29. The third kappa shape index (κ3) is 3.69. The number of aliphatic carboxylic acids is 1. The van der Waals surface area contributed by atoms with Crippen molar-refractivity contribution in [1.82, 2.24) is 0 Å². The van der Waals surface area contributed by atoms with Gasteiger partial charge in [-0.05, 0) is 24.6 Å². The van der Waals surface area contributed by atoms with E-state index in [0.29, 0.717) is 5.75 Å². The molecule has 6 heteroatoms. The molecule has 1 aromatic carbocycles. The van der Waals surface area contributed by atoms with Crippen LogP contribution < -0.4 is 16.2 Å². The van der Waals surface area contributed by atoms with Crippen LogP contribution in [0.25, 0.3) is 0 Å². The SMILES string of the molecule is COc1ccc(Br)cc1C(N)CC(N)C(=O)O. The summed E-state index contributed by atoms with van der Waals surface area (Å²) in [6.07, 6.45) is 0.155. The Balaban J connectivity index is 2.90. The van der Waals surface area contributed by atoms with Crippen molar-refractivity contribution in [2.24, 2.45) is 11.5 Å². The first kappa shape index (κ1) is 14.0. The molecule has 94 valence electrons. The zero-order chi connectivity index (χ0) is 13.0. The Bertz CT molecular complexity index is 412. The number of hydrogen-bond donors (Lipinski definition) is 3. The highest BCUT2D eigenvalue weighted by atomic mass is 79.9. The Morgan fingerprint density at radius 1 is 1.53 bits per heavy atom. The Labute approximate surface area is 108 Å². The summed E-state index contributed by atoms with van der Waals surface area (Å²) >= 11 is 3.33. The maximum Gasteiger partial charge on any atom is 0.320 e. The van der Waals surface area contributed by atoms with Gasteiger partial charge < -0.3 is 21.3 Å². The van der Waals surface area contributed by atoms with Crippen LogP contribution in [0, 0.1) is 0 Å². The maximum absolute atomic E-state index is 10.7. The monoisotopic (exact) mass is 302 g/mol. The minimum absolute atomic E-state index is 0.155. The number of carbonyl (C=O) groups is 1. The average molecular weight is 303 g/mol. The molecule has 5 nitrogen and oxygen atoms in total. The first-order chi connectivity index (χ1) is 7.95. The van der Waals surface area contributed by atoms with Crippen molar-refractivity contribution in [3.8, 4) is 5.75 Å². The van der Waals surface area contributed by atoms with E-state index >= 15 is 0 Å². The second kappa shape index (κ2) is 6.00. The summed E-state index contributed by atoms with van der Waals surface area (Å²) in [7, 11) is 1.54. The van der Waals surface area contributed by atoms with Gasteiger partial charge in [-0.15, -0.1) is 0 Å². The molecule has 2 atom stereocenters. The fraction of sp³-hybridized carbons (Fsp3) is 0.364. The van der Waals surface area contributed by atoms with Crippen molar-refractivity contribution >= 4 is 21.9 Å². The minimum Gasteiger partial charge on any atom is -0.496 e. The van der Waals surface area contributed by atoms with Crippen molar-refractivity contribution in [3.05, 3.63) is 28.2 Å². The number of nitrogens with two attached hydrogens (primary N) is 2. The largest absolute Gasteiger partial charge is 0.496 e. The smallest absolute Gasteiger partial charge is 0.320 e. The summed E-state index contributed by atoms with van der Waals surface area (Å²) in [5, 5.41) is 8.74. The molecule has 0 amide bonds. The van der Waals surface area contributed by atoms with Gasteiger partial charge in [-0.3, -0.25) is 4.79 Å². The first-order valence-corrected chi connectivity index (χ1v) is 5.82. The molecular formula is C11H15BrN2O3. The van der Waals surface area contributed by atoms with Gasteiger partial charge in [-0.2, -0.15) is 0 Å². The third-order valence-corrected chi connectivity index (χ3v) is 2.91. The maximum atomic E-state index is 10.7. The predicted octanol–water partition coefficient (Wildman–Crippen LogP) is 1.26. The van der Waals surface area contributed by atoms with Crippen molar-refractivity contribution in [3.63, 3.8) is 0 Å². The van der Waals surface area contributed by atoms with Gasteiger partial charge in [0.05, 0.1) is 7.11 Å². The lowest BCUT2D eigenvalue weighted by Crippen LogP contribution is -2.33. The summed E-state index contributed by atoms with van der Waals surface area (Å²) < 4.78 is 6.03. The van der Waals surface area contributed by atoms with E-state index in [-0.39, 0.29) is 6.42 Å². The van der Waals surface area contributed by atoms with Crippen molar-refractivity contribution in [2.75, 3.05) is 7.11 Å². The number of benzene rings is 1. The average Bonchev–Trinajstić information content (AvgIpc) is 2.28. The number of rotatable bonds is 5. The van der Waals surface area contributed by atoms with E-state index in [4.69, 9.17) is 21.3 Å². The molecule has 1 aromatic rings. The van der Waals surface area contributed by atoms with Crippen LogP contribution in [-0.2, 0) is 4.79 Å². The normalized spacial score (nSPS) is 14.1. The van der Waals surface area contributed by atoms with E-state index in [0.717, 1.165) is 10.0 Å². The van der Waals surface area contributed by atoms with E-state index in [2.05, 4.69) is 15.9 Å².